The Morgan fingerprint density at radius 3 is 1.48 bits per heavy atom. The zero-order valence-electron chi connectivity index (χ0n) is 31.7. The molecule has 272 valence electrons. The molecular formula is C56H37NO. The maximum atomic E-state index is 6.37. The zero-order chi connectivity index (χ0) is 38.4. The molecule has 0 N–H and O–H groups in total. The minimum absolute atomic E-state index is 0.880. The lowest BCUT2D eigenvalue weighted by atomic mass is 9.87. The smallest absolute Gasteiger partial charge is 0.135 e. The van der Waals surface area contributed by atoms with Gasteiger partial charge in [-0.25, -0.2) is 0 Å². The molecule has 0 fully saturated rings. The minimum atomic E-state index is 0.880. The lowest BCUT2D eigenvalue weighted by Crippen LogP contribution is -2.12. The Morgan fingerprint density at radius 2 is 0.810 bits per heavy atom. The van der Waals surface area contributed by atoms with E-state index in [2.05, 4.69) is 223 Å². The third-order valence-corrected chi connectivity index (χ3v) is 11.5. The number of fused-ring (bicyclic) bond motifs is 6. The third-order valence-electron chi connectivity index (χ3n) is 11.5. The molecule has 58 heavy (non-hydrogen) atoms. The van der Waals surface area contributed by atoms with Crippen LogP contribution in [-0.4, -0.2) is 0 Å². The Kier molecular flexibility index (Phi) is 8.19. The van der Waals surface area contributed by atoms with E-state index in [4.69, 9.17) is 4.42 Å². The third kappa shape index (κ3) is 5.82. The van der Waals surface area contributed by atoms with Gasteiger partial charge in [-0.3, -0.25) is 0 Å². The first kappa shape index (κ1) is 33.6. The summed E-state index contributed by atoms with van der Waals surface area (Å²) < 4.78 is 6.37. The molecular weight excluding hydrogens is 703 g/mol. The van der Waals surface area contributed by atoms with E-state index in [9.17, 15) is 0 Å². The van der Waals surface area contributed by atoms with Crippen LogP contribution in [0.4, 0.5) is 17.1 Å². The molecule has 0 saturated carbocycles. The lowest BCUT2D eigenvalue weighted by Gasteiger charge is -2.30. The minimum Gasteiger partial charge on any atom is -0.456 e. The first-order valence-corrected chi connectivity index (χ1v) is 19.8. The molecule has 2 nitrogen and oxygen atoms in total. The molecule has 0 radical (unpaired) electrons. The molecule has 11 aromatic rings. The van der Waals surface area contributed by atoms with Crippen molar-refractivity contribution in [2.75, 3.05) is 4.90 Å². The topological polar surface area (TPSA) is 16.4 Å². The molecule has 0 saturated heterocycles. The van der Waals surface area contributed by atoms with Crippen LogP contribution in [0.25, 0.3) is 88.0 Å². The second kappa shape index (κ2) is 14.1. The summed E-state index contributed by atoms with van der Waals surface area (Å²) in [6, 6.07) is 80.9. The molecule has 0 unspecified atom stereocenters. The number of benzene rings is 10. The van der Waals surface area contributed by atoms with Crippen LogP contribution in [0.1, 0.15) is 0 Å². The van der Waals surface area contributed by atoms with Crippen LogP contribution in [-0.2, 0) is 0 Å². The number of hydrogen-bond donors (Lipinski definition) is 0. The van der Waals surface area contributed by atoms with Gasteiger partial charge in [0.15, 0.2) is 0 Å². The predicted octanol–water partition coefficient (Wildman–Crippen LogP) is 16.0. The SMILES string of the molecule is c1ccc(-c2ccc(N(c3ccc(-c4ccccc4)cc3)c3cccc(-c4cc5ccccc5c5ccccc45)c3-c3ccc4oc5ccccc5c4c3)cc2)cc1. The second-order valence-corrected chi connectivity index (χ2v) is 14.9. The number of anilines is 3. The molecule has 0 spiro atoms. The first-order chi connectivity index (χ1) is 28.8. The van der Waals surface area contributed by atoms with E-state index in [-0.39, 0.29) is 0 Å². The molecule has 11 rings (SSSR count). The lowest BCUT2D eigenvalue weighted by molar-refractivity contribution is 0.669. The molecule has 0 aliphatic rings. The van der Waals surface area contributed by atoms with Gasteiger partial charge in [0, 0.05) is 27.7 Å². The van der Waals surface area contributed by atoms with E-state index < -0.39 is 0 Å². The number of furan rings is 1. The Balaban J connectivity index is 1.20. The second-order valence-electron chi connectivity index (χ2n) is 14.9. The predicted molar refractivity (Wildman–Crippen MR) is 245 cm³/mol. The van der Waals surface area contributed by atoms with Gasteiger partial charge in [0.1, 0.15) is 11.2 Å². The van der Waals surface area contributed by atoms with Crippen molar-refractivity contribution < 1.29 is 4.42 Å². The number of hydrogen-bond acceptors (Lipinski definition) is 2. The Bertz CT molecular complexity index is 3170. The van der Waals surface area contributed by atoms with Crippen molar-refractivity contribution in [2.45, 2.75) is 0 Å². The normalized spacial score (nSPS) is 11.4. The van der Waals surface area contributed by atoms with Gasteiger partial charge in [-0.2, -0.15) is 0 Å². The van der Waals surface area contributed by atoms with E-state index in [1.807, 2.05) is 6.07 Å². The summed E-state index contributed by atoms with van der Waals surface area (Å²) in [4.78, 5) is 2.42. The molecule has 1 heterocycles. The Labute approximate surface area is 337 Å². The summed E-state index contributed by atoms with van der Waals surface area (Å²) in [5.41, 5.74) is 14.4. The van der Waals surface area contributed by atoms with Crippen LogP contribution in [0.5, 0.6) is 0 Å². The van der Waals surface area contributed by atoms with E-state index in [0.29, 0.717) is 0 Å². The number of nitrogens with zero attached hydrogens (tertiary/aromatic N) is 1. The monoisotopic (exact) mass is 739 g/mol. The van der Waals surface area contributed by atoms with E-state index in [1.165, 1.54) is 54.9 Å². The highest BCUT2D eigenvalue weighted by Crippen LogP contribution is 2.49. The van der Waals surface area contributed by atoms with Crippen LogP contribution in [0, 0.1) is 0 Å². The molecule has 2 heteroatoms. The molecule has 1 aromatic heterocycles. The van der Waals surface area contributed by atoms with Crippen molar-refractivity contribution in [2.24, 2.45) is 0 Å². The first-order valence-electron chi connectivity index (χ1n) is 19.8. The highest BCUT2D eigenvalue weighted by molar-refractivity contribution is 6.16. The average Bonchev–Trinajstić information content (AvgIpc) is 3.68. The molecule has 0 aliphatic heterocycles. The van der Waals surface area contributed by atoms with Crippen LogP contribution in [0.2, 0.25) is 0 Å². The van der Waals surface area contributed by atoms with Crippen LogP contribution >= 0.6 is 0 Å². The molecule has 0 amide bonds. The zero-order valence-corrected chi connectivity index (χ0v) is 31.7. The van der Waals surface area contributed by atoms with Crippen molar-refractivity contribution in [3.05, 3.63) is 224 Å². The molecule has 0 aliphatic carbocycles. The van der Waals surface area contributed by atoms with Crippen LogP contribution < -0.4 is 4.90 Å². The number of rotatable bonds is 7. The maximum Gasteiger partial charge on any atom is 0.135 e. The van der Waals surface area contributed by atoms with Crippen LogP contribution in [0.15, 0.2) is 229 Å². The van der Waals surface area contributed by atoms with E-state index >= 15 is 0 Å². The summed E-state index contributed by atoms with van der Waals surface area (Å²) in [6.45, 7) is 0. The number of para-hydroxylation sites is 1. The van der Waals surface area contributed by atoms with Crippen LogP contribution in [0.3, 0.4) is 0 Å². The van der Waals surface area contributed by atoms with Gasteiger partial charge in [0.25, 0.3) is 0 Å². The van der Waals surface area contributed by atoms with Gasteiger partial charge in [0.2, 0.25) is 0 Å². The largest absolute Gasteiger partial charge is 0.456 e. The van der Waals surface area contributed by atoms with Gasteiger partial charge < -0.3 is 9.32 Å². The summed E-state index contributed by atoms with van der Waals surface area (Å²) in [5.74, 6) is 0. The highest BCUT2D eigenvalue weighted by atomic mass is 16.3. The average molecular weight is 740 g/mol. The fourth-order valence-corrected chi connectivity index (χ4v) is 8.71. The van der Waals surface area contributed by atoms with Crippen molar-refractivity contribution in [1.82, 2.24) is 0 Å². The standard InChI is InChI=1S/C56H37NO/c1-3-14-38(15-4-1)40-26-31-44(32-27-40)57(45-33-28-41(29-34-45)39-16-5-2-6-17-39)53-24-13-23-50(51-36-42-18-7-8-19-46(42)47-20-9-10-21-48(47)51)56(53)43-30-35-55-52(37-43)49-22-11-12-25-54(49)58-55/h1-37H. The summed E-state index contributed by atoms with van der Waals surface area (Å²) >= 11 is 0. The van der Waals surface area contributed by atoms with Gasteiger partial charge in [-0.15, -0.1) is 0 Å². The van der Waals surface area contributed by atoms with Crippen molar-refractivity contribution >= 4 is 60.5 Å². The fraction of sp³-hybridized carbons (Fsp3) is 0. The Hall–Kier alpha value is -7.68. The quantitative estimate of drug-likeness (QED) is 0.151. The van der Waals surface area contributed by atoms with Gasteiger partial charge in [-0.1, -0.05) is 170 Å². The maximum absolute atomic E-state index is 6.37. The van der Waals surface area contributed by atoms with Crippen molar-refractivity contribution in [3.8, 4) is 44.5 Å². The summed E-state index contributed by atoms with van der Waals surface area (Å²) in [5, 5.41) is 7.15. The molecule has 0 bridgehead atoms. The van der Waals surface area contributed by atoms with Gasteiger partial charge in [-0.05, 0) is 115 Å². The van der Waals surface area contributed by atoms with Crippen molar-refractivity contribution in [1.29, 1.82) is 0 Å². The Morgan fingerprint density at radius 1 is 0.293 bits per heavy atom. The summed E-state index contributed by atoms with van der Waals surface area (Å²) in [6.07, 6.45) is 0. The molecule has 0 atom stereocenters. The summed E-state index contributed by atoms with van der Waals surface area (Å²) in [7, 11) is 0. The molecule has 10 aromatic carbocycles. The van der Waals surface area contributed by atoms with E-state index in [0.717, 1.165) is 50.1 Å². The van der Waals surface area contributed by atoms with Gasteiger partial charge in [0.05, 0.1) is 5.69 Å². The highest BCUT2D eigenvalue weighted by Gasteiger charge is 2.23. The van der Waals surface area contributed by atoms with Crippen molar-refractivity contribution in [3.63, 3.8) is 0 Å². The van der Waals surface area contributed by atoms with E-state index in [1.54, 1.807) is 0 Å². The fourth-order valence-electron chi connectivity index (χ4n) is 8.71. The van der Waals surface area contributed by atoms with Gasteiger partial charge >= 0.3 is 0 Å².